The molecule has 0 aliphatic heterocycles. The molecule has 14 heavy (non-hydrogen) atoms. The molecule has 1 N–H and O–H groups in total. The minimum atomic E-state index is -1.05. The average molecular weight is 254 g/mol. The zero-order chi connectivity index (χ0) is 10.7. The van der Waals surface area contributed by atoms with E-state index in [1.807, 2.05) is 13.0 Å². The smallest absolute Gasteiger partial charge is 0.337 e. The highest BCUT2D eigenvalue weighted by molar-refractivity contribution is 9.10. The van der Waals surface area contributed by atoms with Gasteiger partial charge in [-0.2, -0.15) is 5.26 Å². The normalized spacial score (nSPS) is 9.50. The van der Waals surface area contributed by atoms with Crippen LogP contribution in [-0.2, 0) is 6.42 Å². The summed E-state index contributed by atoms with van der Waals surface area (Å²) in [7, 11) is 0. The minimum absolute atomic E-state index is 0.109. The Morgan fingerprint density at radius 2 is 2.29 bits per heavy atom. The number of halogens is 1. The Bertz CT molecular complexity index is 421. The summed E-state index contributed by atoms with van der Waals surface area (Å²) in [6.07, 6.45) is 0.593. The summed E-state index contributed by atoms with van der Waals surface area (Å²) in [5.41, 5.74) is 0.977. The number of rotatable bonds is 2. The number of benzene rings is 1. The molecule has 0 unspecified atom stereocenters. The van der Waals surface area contributed by atoms with Gasteiger partial charge in [0.2, 0.25) is 0 Å². The Balaban J connectivity index is 3.50. The molecule has 1 aromatic rings. The van der Waals surface area contributed by atoms with Crippen molar-refractivity contribution in [1.29, 1.82) is 5.26 Å². The molecule has 0 saturated heterocycles. The molecule has 0 atom stereocenters. The molecular formula is C10H8BrNO2. The second-order valence-electron chi connectivity index (χ2n) is 2.76. The number of carbonyl (C=O) groups is 1. The highest BCUT2D eigenvalue weighted by Gasteiger charge is 2.15. The molecule has 0 fully saturated rings. The molecule has 0 aromatic heterocycles. The monoisotopic (exact) mass is 253 g/mol. The maximum Gasteiger partial charge on any atom is 0.337 e. The number of carboxylic acid groups (broad SMARTS) is 1. The average Bonchev–Trinajstić information content (AvgIpc) is 2.15. The van der Waals surface area contributed by atoms with Gasteiger partial charge in [-0.15, -0.1) is 0 Å². The fraction of sp³-hybridized carbons (Fsp3) is 0.200. The summed E-state index contributed by atoms with van der Waals surface area (Å²) < 4.78 is 0.732. The van der Waals surface area contributed by atoms with E-state index < -0.39 is 5.97 Å². The first-order chi connectivity index (χ1) is 6.60. The largest absolute Gasteiger partial charge is 0.478 e. The molecule has 0 radical (unpaired) electrons. The van der Waals surface area contributed by atoms with Gasteiger partial charge in [-0.25, -0.2) is 4.79 Å². The van der Waals surface area contributed by atoms with Crippen molar-refractivity contribution in [2.24, 2.45) is 0 Å². The van der Waals surface area contributed by atoms with E-state index in [4.69, 9.17) is 10.4 Å². The van der Waals surface area contributed by atoms with Crippen molar-refractivity contribution < 1.29 is 9.90 Å². The summed E-state index contributed by atoms with van der Waals surface area (Å²) >= 11 is 3.23. The number of hydrogen-bond acceptors (Lipinski definition) is 2. The van der Waals surface area contributed by atoms with Crippen LogP contribution in [0.5, 0.6) is 0 Å². The third-order valence-corrected chi connectivity index (χ3v) is 2.36. The highest BCUT2D eigenvalue weighted by Crippen LogP contribution is 2.21. The molecule has 4 heteroatoms. The highest BCUT2D eigenvalue weighted by atomic mass is 79.9. The van der Waals surface area contributed by atoms with Crippen molar-refractivity contribution in [3.8, 4) is 6.07 Å². The number of aromatic carboxylic acids is 1. The van der Waals surface area contributed by atoms with Crippen LogP contribution in [0.15, 0.2) is 16.6 Å². The van der Waals surface area contributed by atoms with Gasteiger partial charge in [-0.3, -0.25) is 0 Å². The van der Waals surface area contributed by atoms with Gasteiger partial charge < -0.3 is 5.11 Å². The Kier molecular flexibility index (Phi) is 3.26. The SMILES string of the molecule is CCc1cc(Br)cc(C#N)c1C(=O)O. The summed E-state index contributed by atoms with van der Waals surface area (Å²) in [5.74, 6) is -1.05. The van der Waals surface area contributed by atoms with E-state index >= 15 is 0 Å². The number of nitrogens with zero attached hydrogens (tertiary/aromatic N) is 1. The fourth-order valence-electron chi connectivity index (χ4n) is 1.28. The number of nitriles is 1. The third kappa shape index (κ3) is 1.94. The predicted octanol–water partition coefficient (Wildman–Crippen LogP) is 2.58. The van der Waals surface area contributed by atoms with Gasteiger partial charge >= 0.3 is 5.97 Å². The lowest BCUT2D eigenvalue weighted by Crippen LogP contribution is -2.05. The van der Waals surface area contributed by atoms with Crippen molar-refractivity contribution in [2.75, 3.05) is 0 Å². The fourth-order valence-corrected chi connectivity index (χ4v) is 1.79. The van der Waals surface area contributed by atoms with Crippen LogP contribution < -0.4 is 0 Å². The van der Waals surface area contributed by atoms with Crippen molar-refractivity contribution >= 4 is 21.9 Å². The van der Waals surface area contributed by atoms with E-state index in [0.29, 0.717) is 12.0 Å². The first kappa shape index (κ1) is 10.7. The van der Waals surface area contributed by atoms with E-state index in [0.717, 1.165) is 4.47 Å². The molecule has 3 nitrogen and oxygen atoms in total. The van der Waals surface area contributed by atoms with Crippen LogP contribution in [0, 0.1) is 11.3 Å². The summed E-state index contributed by atoms with van der Waals surface area (Å²) in [5, 5.41) is 17.7. The van der Waals surface area contributed by atoms with Crippen LogP contribution in [-0.4, -0.2) is 11.1 Å². The first-order valence-corrected chi connectivity index (χ1v) is 4.85. The van der Waals surface area contributed by atoms with Gasteiger partial charge in [0.1, 0.15) is 6.07 Å². The predicted molar refractivity (Wildman–Crippen MR) is 55.2 cm³/mol. The zero-order valence-electron chi connectivity index (χ0n) is 7.54. The van der Waals surface area contributed by atoms with E-state index in [-0.39, 0.29) is 11.1 Å². The summed E-state index contributed by atoms with van der Waals surface area (Å²) in [6.45, 7) is 1.86. The van der Waals surface area contributed by atoms with Crippen LogP contribution in [0.1, 0.15) is 28.4 Å². The Labute approximate surface area is 90.1 Å². The zero-order valence-corrected chi connectivity index (χ0v) is 9.13. The van der Waals surface area contributed by atoms with E-state index in [9.17, 15) is 4.79 Å². The third-order valence-electron chi connectivity index (χ3n) is 1.90. The molecule has 0 saturated carbocycles. The topological polar surface area (TPSA) is 61.1 Å². The lowest BCUT2D eigenvalue weighted by molar-refractivity contribution is 0.0695. The van der Waals surface area contributed by atoms with E-state index in [1.54, 1.807) is 6.07 Å². The Hall–Kier alpha value is -1.34. The van der Waals surface area contributed by atoms with Gasteiger partial charge in [-0.05, 0) is 24.1 Å². The van der Waals surface area contributed by atoms with Crippen LogP contribution in [0.4, 0.5) is 0 Å². The number of aryl methyl sites for hydroxylation is 1. The number of carboxylic acids is 1. The molecular weight excluding hydrogens is 246 g/mol. The van der Waals surface area contributed by atoms with Crippen molar-refractivity contribution in [1.82, 2.24) is 0 Å². The standard InChI is InChI=1S/C10H8BrNO2/c1-2-6-3-8(11)4-7(5-12)9(6)10(13)14/h3-4H,2H2,1H3,(H,13,14). The van der Waals surface area contributed by atoms with Gasteiger partial charge in [0, 0.05) is 4.47 Å². The molecule has 1 rings (SSSR count). The maximum atomic E-state index is 10.9. The van der Waals surface area contributed by atoms with E-state index in [2.05, 4.69) is 15.9 Å². The molecule has 0 amide bonds. The van der Waals surface area contributed by atoms with Crippen molar-refractivity contribution in [3.63, 3.8) is 0 Å². The van der Waals surface area contributed by atoms with Gasteiger partial charge in [0.05, 0.1) is 11.1 Å². The molecule has 0 spiro atoms. The maximum absolute atomic E-state index is 10.9. The van der Waals surface area contributed by atoms with Gasteiger partial charge in [0.15, 0.2) is 0 Å². The molecule has 1 aromatic carbocycles. The van der Waals surface area contributed by atoms with Gasteiger partial charge in [-0.1, -0.05) is 22.9 Å². The second-order valence-corrected chi connectivity index (χ2v) is 3.67. The molecule has 0 heterocycles. The molecule has 0 aliphatic carbocycles. The lowest BCUT2D eigenvalue weighted by atomic mass is 10.0. The summed E-state index contributed by atoms with van der Waals surface area (Å²) in [6, 6.07) is 5.12. The quantitative estimate of drug-likeness (QED) is 0.882. The van der Waals surface area contributed by atoms with Crippen LogP contribution in [0.25, 0.3) is 0 Å². The van der Waals surface area contributed by atoms with Crippen molar-refractivity contribution in [2.45, 2.75) is 13.3 Å². The van der Waals surface area contributed by atoms with Crippen LogP contribution >= 0.6 is 15.9 Å². The van der Waals surface area contributed by atoms with Crippen molar-refractivity contribution in [3.05, 3.63) is 33.3 Å². The van der Waals surface area contributed by atoms with E-state index in [1.165, 1.54) is 6.07 Å². The Morgan fingerprint density at radius 3 is 2.71 bits per heavy atom. The second kappa shape index (κ2) is 4.25. The molecule has 0 aliphatic rings. The van der Waals surface area contributed by atoms with Crippen LogP contribution in [0.3, 0.4) is 0 Å². The summed E-state index contributed by atoms with van der Waals surface area (Å²) in [4.78, 5) is 10.9. The minimum Gasteiger partial charge on any atom is -0.478 e. The Morgan fingerprint density at radius 1 is 1.64 bits per heavy atom. The lowest BCUT2D eigenvalue weighted by Gasteiger charge is -2.05. The van der Waals surface area contributed by atoms with Gasteiger partial charge in [0.25, 0.3) is 0 Å². The number of hydrogen-bond donors (Lipinski definition) is 1. The first-order valence-electron chi connectivity index (χ1n) is 4.06. The molecule has 72 valence electrons. The molecule has 0 bridgehead atoms. The van der Waals surface area contributed by atoms with Crippen LogP contribution in [0.2, 0.25) is 0 Å².